The van der Waals surface area contributed by atoms with Gasteiger partial charge in [0.05, 0.1) is 12.4 Å². The summed E-state index contributed by atoms with van der Waals surface area (Å²) in [7, 11) is -3.40. The van der Waals surface area contributed by atoms with Crippen LogP contribution < -0.4 is 0 Å². The molecule has 0 aliphatic heterocycles. The van der Waals surface area contributed by atoms with Gasteiger partial charge in [0, 0.05) is 0 Å². The van der Waals surface area contributed by atoms with E-state index in [2.05, 4.69) is 13.8 Å². The van der Waals surface area contributed by atoms with Crippen molar-refractivity contribution in [3.05, 3.63) is 35.4 Å². The minimum Gasteiger partial charge on any atom is -0.262 e. The zero-order valence-corrected chi connectivity index (χ0v) is 11.6. The Kier molecular flexibility index (Phi) is 4.71. The lowest BCUT2D eigenvalue weighted by molar-refractivity contribution is 0.236. The van der Waals surface area contributed by atoms with E-state index < -0.39 is 16.2 Å². The summed E-state index contributed by atoms with van der Waals surface area (Å²) in [6, 6.07) is 7.90. The second-order valence-corrected chi connectivity index (χ2v) is 6.38. The van der Waals surface area contributed by atoms with Gasteiger partial charge >= 0.3 is 0 Å². The number of benzene rings is 1. The molecule has 0 aliphatic carbocycles. The first kappa shape index (κ1) is 14.2. The maximum absolute atomic E-state index is 11.0. The van der Waals surface area contributed by atoms with Gasteiger partial charge in [-0.15, -0.1) is 0 Å². The van der Waals surface area contributed by atoms with Crippen molar-refractivity contribution in [2.45, 2.75) is 33.3 Å². The van der Waals surface area contributed by atoms with Gasteiger partial charge in [0.15, 0.2) is 0 Å². The molecule has 0 radical (unpaired) electrons. The van der Waals surface area contributed by atoms with Crippen molar-refractivity contribution < 1.29 is 12.6 Å². The van der Waals surface area contributed by atoms with Gasteiger partial charge in [0.1, 0.15) is 0 Å². The highest BCUT2D eigenvalue weighted by Gasteiger charge is 2.12. The molecule has 4 heteroatoms. The van der Waals surface area contributed by atoms with E-state index in [1.807, 2.05) is 24.3 Å². The Bertz CT molecular complexity index is 446. The second kappa shape index (κ2) is 5.65. The molecule has 0 fully saturated rings. The normalized spacial score (nSPS) is 13.9. The molecule has 17 heavy (non-hydrogen) atoms. The minimum absolute atomic E-state index is 0.432. The standard InChI is InChI=1S/C13H20O3S/c1-10(2)9-12-5-7-13(8-6-12)11(3)16-17(4,14)15/h5-8,10-11H,9H2,1-4H3/t11-/m1/s1. The van der Waals surface area contributed by atoms with Crippen LogP contribution in [0.15, 0.2) is 24.3 Å². The molecular formula is C13H20O3S. The predicted molar refractivity (Wildman–Crippen MR) is 69.3 cm³/mol. The molecule has 1 aromatic rings. The van der Waals surface area contributed by atoms with Gasteiger partial charge in [-0.25, -0.2) is 0 Å². The molecule has 0 saturated carbocycles. The summed E-state index contributed by atoms with van der Waals surface area (Å²) < 4.78 is 26.9. The Morgan fingerprint density at radius 2 is 1.65 bits per heavy atom. The third kappa shape index (κ3) is 5.33. The predicted octanol–water partition coefficient (Wildman–Crippen LogP) is 2.92. The van der Waals surface area contributed by atoms with E-state index in [0.29, 0.717) is 5.92 Å². The molecule has 1 aromatic carbocycles. The van der Waals surface area contributed by atoms with E-state index >= 15 is 0 Å². The van der Waals surface area contributed by atoms with Gasteiger partial charge in [-0.2, -0.15) is 8.42 Å². The fourth-order valence-electron chi connectivity index (χ4n) is 1.71. The number of hydrogen-bond donors (Lipinski definition) is 0. The van der Waals surface area contributed by atoms with E-state index in [-0.39, 0.29) is 0 Å². The summed E-state index contributed by atoms with van der Waals surface area (Å²) in [6.07, 6.45) is 1.66. The van der Waals surface area contributed by atoms with E-state index in [0.717, 1.165) is 18.2 Å². The van der Waals surface area contributed by atoms with Crippen molar-refractivity contribution in [3.8, 4) is 0 Å². The average Bonchev–Trinajstić information content (AvgIpc) is 2.15. The van der Waals surface area contributed by atoms with E-state index in [9.17, 15) is 8.42 Å². The molecule has 96 valence electrons. The Labute approximate surface area is 104 Å². The van der Waals surface area contributed by atoms with Crippen LogP contribution in [-0.4, -0.2) is 14.7 Å². The largest absolute Gasteiger partial charge is 0.264 e. The maximum Gasteiger partial charge on any atom is 0.264 e. The average molecular weight is 256 g/mol. The summed E-state index contributed by atoms with van der Waals surface area (Å²) in [6.45, 7) is 6.07. The van der Waals surface area contributed by atoms with Crippen LogP contribution in [0.2, 0.25) is 0 Å². The molecule has 0 saturated heterocycles. The first-order valence-corrected chi connectivity index (χ1v) is 7.56. The Hall–Kier alpha value is -0.870. The third-order valence-corrected chi connectivity index (χ3v) is 3.05. The molecule has 0 unspecified atom stereocenters. The lowest BCUT2D eigenvalue weighted by Crippen LogP contribution is -2.07. The SMILES string of the molecule is CC(C)Cc1ccc([C@@H](C)OS(C)(=O)=O)cc1. The van der Waals surface area contributed by atoms with Crippen LogP contribution in [0.1, 0.15) is 38.0 Å². The first-order valence-electron chi connectivity index (χ1n) is 5.75. The fraction of sp³-hybridized carbons (Fsp3) is 0.538. The lowest BCUT2D eigenvalue weighted by Gasteiger charge is -2.12. The molecule has 0 spiro atoms. The van der Waals surface area contributed by atoms with Gasteiger partial charge in [-0.05, 0) is 30.4 Å². The Morgan fingerprint density at radius 3 is 2.06 bits per heavy atom. The molecule has 3 nitrogen and oxygen atoms in total. The van der Waals surface area contributed by atoms with E-state index in [1.54, 1.807) is 6.92 Å². The summed E-state index contributed by atoms with van der Waals surface area (Å²) in [5.74, 6) is 0.616. The van der Waals surface area contributed by atoms with Gasteiger partial charge in [-0.3, -0.25) is 4.18 Å². The summed E-state index contributed by atoms with van der Waals surface area (Å²) in [5, 5.41) is 0. The molecule has 0 amide bonds. The molecule has 0 aliphatic rings. The van der Waals surface area contributed by atoms with Crippen molar-refractivity contribution in [1.29, 1.82) is 0 Å². The van der Waals surface area contributed by atoms with Gasteiger partial charge in [0.25, 0.3) is 10.1 Å². The zero-order chi connectivity index (χ0) is 13.1. The minimum atomic E-state index is -3.40. The van der Waals surface area contributed by atoms with Crippen LogP contribution in [0, 0.1) is 5.92 Å². The van der Waals surface area contributed by atoms with Crippen molar-refractivity contribution in [2.75, 3.05) is 6.26 Å². The van der Waals surface area contributed by atoms with Crippen LogP contribution in [0.5, 0.6) is 0 Å². The highest BCUT2D eigenvalue weighted by Crippen LogP contribution is 2.20. The van der Waals surface area contributed by atoms with Gasteiger partial charge in [-0.1, -0.05) is 38.1 Å². The van der Waals surface area contributed by atoms with Crippen LogP contribution in [0.25, 0.3) is 0 Å². The topological polar surface area (TPSA) is 43.4 Å². The highest BCUT2D eigenvalue weighted by atomic mass is 32.2. The zero-order valence-electron chi connectivity index (χ0n) is 10.8. The third-order valence-electron chi connectivity index (χ3n) is 2.41. The number of hydrogen-bond acceptors (Lipinski definition) is 3. The molecule has 0 heterocycles. The summed E-state index contributed by atoms with van der Waals surface area (Å²) >= 11 is 0. The van der Waals surface area contributed by atoms with Gasteiger partial charge < -0.3 is 0 Å². The van der Waals surface area contributed by atoms with Crippen molar-refractivity contribution >= 4 is 10.1 Å². The first-order chi connectivity index (χ1) is 7.78. The van der Waals surface area contributed by atoms with Crippen LogP contribution in [0.3, 0.4) is 0 Å². The van der Waals surface area contributed by atoms with Crippen molar-refractivity contribution in [1.82, 2.24) is 0 Å². The Morgan fingerprint density at radius 1 is 1.12 bits per heavy atom. The summed E-state index contributed by atoms with van der Waals surface area (Å²) in [5.41, 5.74) is 2.14. The lowest BCUT2D eigenvalue weighted by atomic mass is 10.0. The second-order valence-electron chi connectivity index (χ2n) is 4.78. The van der Waals surface area contributed by atoms with E-state index in [1.165, 1.54) is 5.56 Å². The molecule has 1 rings (SSSR count). The molecule has 1 atom stereocenters. The highest BCUT2D eigenvalue weighted by molar-refractivity contribution is 7.86. The maximum atomic E-state index is 11.0. The molecular weight excluding hydrogens is 236 g/mol. The van der Waals surface area contributed by atoms with E-state index in [4.69, 9.17) is 4.18 Å². The molecule has 0 bridgehead atoms. The quantitative estimate of drug-likeness (QED) is 0.761. The summed E-state index contributed by atoms with van der Waals surface area (Å²) in [4.78, 5) is 0. The van der Waals surface area contributed by atoms with Crippen LogP contribution in [0.4, 0.5) is 0 Å². The van der Waals surface area contributed by atoms with Crippen molar-refractivity contribution in [3.63, 3.8) is 0 Å². The smallest absolute Gasteiger partial charge is 0.262 e. The van der Waals surface area contributed by atoms with Crippen LogP contribution in [-0.2, 0) is 20.7 Å². The molecule has 0 N–H and O–H groups in total. The molecule has 0 aromatic heterocycles. The fourth-order valence-corrected chi connectivity index (χ4v) is 2.35. The van der Waals surface area contributed by atoms with Crippen molar-refractivity contribution in [2.24, 2.45) is 5.92 Å². The van der Waals surface area contributed by atoms with Crippen LogP contribution >= 0.6 is 0 Å². The van der Waals surface area contributed by atoms with Gasteiger partial charge in [0.2, 0.25) is 0 Å². The number of rotatable bonds is 5. The Balaban J connectivity index is 2.73. The monoisotopic (exact) mass is 256 g/mol.